The molecule has 1 aliphatic carbocycles. The minimum atomic E-state index is 0.259. The van der Waals surface area contributed by atoms with Crippen LogP contribution in [0.1, 0.15) is 0 Å². The van der Waals surface area contributed by atoms with Crippen LogP contribution in [0.2, 0.25) is 0 Å². The summed E-state index contributed by atoms with van der Waals surface area (Å²) in [5.41, 5.74) is 0. The van der Waals surface area contributed by atoms with Gasteiger partial charge in [0.05, 0.1) is 6.04 Å². The quantitative estimate of drug-likeness (QED) is 0.490. The summed E-state index contributed by atoms with van der Waals surface area (Å²) in [4.78, 5) is 0. The van der Waals surface area contributed by atoms with Crippen molar-refractivity contribution in [3.8, 4) is 0 Å². The first-order valence-electron chi connectivity index (χ1n) is 3.36. The summed E-state index contributed by atoms with van der Waals surface area (Å²) in [7, 11) is 1.94. The summed E-state index contributed by atoms with van der Waals surface area (Å²) in [6.45, 7) is 0. The van der Waals surface area contributed by atoms with Crippen molar-refractivity contribution in [1.29, 1.82) is 0 Å². The molecular formula is C7H9N3. The Hall–Kier alpha value is -1.12. The normalized spacial score (nSPS) is 35.1. The molecule has 0 amide bonds. The van der Waals surface area contributed by atoms with Gasteiger partial charge < -0.3 is 0 Å². The number of hydrogen-bond acceptors (Lipinski definition) is 3. The molecule has 3 heteroatoms. The third kappa shape index (κ3) is 0.667. The molecule has 2 rings (SSSR count). The molecule has 0 fully saturated rings. The lowest BCUT2D eigenvalue weighted by Gasteiger charge is -2.17. The van der Waals surface area contributed by atoms with Crippen LogP contribution in [0.4, 0.5) is 0 Å². The molecule has 0 bridgehead atoms. The molecule has 3 nitrogen and oxygen atoms in total. The van der Waals surface area contributed by atoms with E-state index in [9.17, 15) is 0 Å². The highest BCUT2D eigenvalue weighted by atomic mass is 15.6. The van der Waals surface area contributed by atoms with Crippen LogP contribution in [0.5, 0.6) is 0 Å². The van der Waals surface area contributed by atoms with E-state index in [-0.39, 0.29) is 6.04 Å². The molecule has 52 valence electrons. The van der Waals surface area contributed by atoms with Gasteiger partial charge in [0.25, 0.3) is 0 Å². The average Bonchev–Trinajstić information content (AvgIpc) is 2.34. The molecule has 0 saturated carbocycles. The molecule has 0 aromatic rings. The molecule has 10 heavy (non-hydrogen) atoms. The summed E-state index contributed by atoms with van der Waals surface area (Å²) in [6.07, 6.45) is 8.23. The largest absolute Gasteiger partial charge is 0.272 e. The SMILES string of the molecule is CN1N=NC2C=CC=CC21. The topological polar surface area (TPSA) is 28.0 Å². The van der Waals surface area contributed by atoms with E-state index in [1.54, 1.807) is 0 Å². The zero-order valence-electron chi connectivity index (χ0n) is 5.81. The van der Waals surface area contributed by atoms with Crippen molar-refractivity contribution in [3.05, 3.63) is 24.3 Å². The van der Waals surface area contributed by atoms with Crippen LogP contribution in [0.15, 0.2) is 34.6 Å². The van der Waals surface area contributed by atoms with Crippen molar-refractivity contribution in [3.63, 3.8) is 0 Å². The van der Waals surface area contributed by atoms with Crippen LogP contribution in [0, 0.1) is 0 Å². The van der Waals surface area contributed by atoms with Crippen molar-refractivity contribution in [2.45, 2.75) is 12.1 Å². The van der Waals surface area contributed by atoms with Crippen molar-refractivity contribution in [2.24, 2.45) is 10.3 Å². The molecule has 0 radical (unpaired) electrons. The first kappa shape index (κ1) is 5.65. The van der Waals surface area contributed by atoms with Crippen LogP contribution < -0.4 is 0 Å². The second-order valence-electron chi connectivity index (χ2n) is 2.53. The summed E-state index contributed by atoms with van der Waals surface area (Å²) >= 11 is 0. The van der Waals surface area contributed by atoms with E-state index >= 15 is 0 Å². The Kier molecular flexibility index (Phi) is 1.09. The van der Waals surface area contributed by atoms with Gasteiger partial charge in [-0.25, -0.2) is 0 Å². The Morgan fingerprint density at radius 2 is 2.10 bits per heavy atom. The van der Waals surface area contributed by atoms with Gasteiger partial charge in [0.1, 0.15) is 6.04 Å². The molecule has 0 aromatic heterocycles. The van der Waals surface area contributed by atoms with Crippen LogP contribution in [0.3, 0.4) is 0 Å². The highest BCUT2D eigenvalue weighted by molar-refractivity contribution is 5.21. The van der Waals surface area contributed by atoms with E-state index in [1.165, 1.54) is 0 Å². The maximum absolute atomic E-state index is 4.05. The van der Waals surface area contributed by atoms with Gasteiger partial charge in [0.15, 0.2) is 0 Å². The maximum atomic E-state index is 4.05. The fourth-order valence-corrected chi connectivity index (χ4v) is 1.24. The third-order valence-electron chi connectivity index (χ3n) is 1.84. The van der Waals surface area contributed by atoms with Gasteiger partial charge in [-0.1, -0.05) is 29.5 Å². The van der Waals surface area contributed by atoms with Gasteiger partial charge >= 0.3 is 0 Å². The average molecular weight is 135 g/mol. The van der Waals surface area contributed by atoms with E-state index < -0.39 is 0 Å². The fourth-order valence-electron chi connectivity index (χ4n) is 1.24. The number of fused-ring (bicyclic) bond motifs is 1. The first-order chi connectivity index (χ1) is 4.88. The van der Waals surface area contributed by atoms with E-state index in [0.29, 0.717) is 6.04 Å². The van der Waals surface area contributed by atoms with Crippen LogP contribution in [-0.2, 0) is 0 Å². The van der Waals surface area contributed by atoms with Gasteiger partial charge in [-0.3, -0.25) is 5.01 Å². The predicted molar refractivity (Wildman–Crippen MR) is 38.5 cm³/mol. The van der Waals surface area contributed by atoms with Crippen molar-refractivity contribution in [2.75, 3.05) is 7.05 Å². The van der Waals surface area contributed by atoms with Gasteiger partial charge in [-0.05, 0) is 0 Å². The number of hydrogen-bond donors (Lipinski definition) is 0. The number of likely N-dealkylation sites (N-methyl/N-ethyl adjacent to an activating group) is 1. The Bertz CT molecular complexity index is 217. The minimum absolute atomic E-state index is 0.259. The molecule has 0 N–H and O–H groups in total. The van der Waals surface area contributed by atoms with Crippen molar-refractivity contribution < 1.29 is 0 Å². The van der Waals surface area contributed by atoms with Crippen LogP contribution in [0.25, 0.3) is 0 Å². The molecule has 2 aliphatic rings. The highest BCUT2D eigenvalue weighted by Crippen LogP contribution is 2.20. The Morgan fingerprint density at radius 1 is 1.30 bits per heavy atom. The summed E-state index contributed by atoms with van der Waals surface area (Å²) < 4.78 is 0. The smallest absolute Gasteiger partial charge is 0.117 e. The van der Waals surface area contributed by atoms with E-state index in [1.807, 2.05) is 24.2 Å². The molecule has 2 unspecified atom stereocenters. The van der Waals surface area contributed by atoms with Gasteiger partial charge in [0.2, 0.25) is 0 Å². The second kappa shape index (κ2) is 1.94. The summed E-state index contributed by atoms with van der Waals surface area (Å²) in [5.74, 6) is 0. The molecular weight excluding hydrogens is 126 g/mol. The van der Waals surface area contributed by atoms with Crippen LogP contribution in [-0.4, -0.2) is 24.1 Å². The number of nitrogens with zero attached hydrogens (tertiary/aromatic N) is 3. The van der Waals surface area contributed by atoms with Crippen molar-refractivity contribution in [1.82, 2.24) is 5.01 Å². The third-order valence-corrected chi connectivity index (χ3v) is 1.84. The predicted octanol–water partition coefficient (Wildman–Crippen LogP) is 1.16. The Morgan fingerprint density at radius 3 is 2.90 bits per heavy atom. The summed E-state index contributed by atoms with van der Waals surface area (Å²) in [6, 6.07) is 0.625. The zero-order chi connectivity index (χ0) is 6.97. The Labute approximate surface area is 59.7 Å². The van der Waals surface area contributed by atoms with E-state index in [0.717, 1.165) is 0 Å². The van der Waals surface area contributed by atoms with Gasteiger partial charge in [-0.2, -0.15) is 5.11 Å². The standard InChI is InChI=1S/C7H9N3/c1-10-7-5-3-2-4-6(7)8-9-10/h2-7H,1H3. The fraction of sp³-hybridized carbons (Fsp3) is 0.429. The van der Waals surface area contributed by atoms with Crippen LogP contribution >= 0.6 is 0 Å². The summed E-state index contributed by atoms with van der Waals surface area (Å²) in [5, 5.41) is 9.87. The second-order valence-corrected chi connectivity index (χ2v) is 2.53. The zero-order valence-corrected chi connectivity index (χ0v) is 5.81. The Balaban J connectivity index is 2.26. The first-order valence-corrected chi connectivity index (χ1v) is 3.36. The van der Waals surface area contributed by atoms with Gasteiger partial charge in [0, 0.05) is 7.05 Å². The van der Waals surface area contributed by atoms with Crippen molar-refractivity contribution >= 4 is 0 Å². The number of allylic oxidation sites excluding steroid dienone is 2. The molecule has 2 atom stereocenters. The molecule has 0 aromatic carbocycles. The molecule has 1 aliphatic heterocycles. The molecule has 1 heterocycles. The monoisotopic (exact) mass is 135 g/mol. The highest BCUT2D eigenvalue weighted by Gasteiger charge is 2.26. The minimum Gasteiger partial charge on any atom is -0.272 e. The molecule has 0 saturated heterocycles. The van der Waals surface area contributed by atoms with E-state index in [2.05, 4.69) is 22.5 Å². The van der Waals surface area contributed by atoms with Gasteiger partial charge in [-0.15, -0.1) is 0 Å². The lowest BCUT2D eigenvalue weighted by molar-refractivity contribution is 0.324. The molecule has 0 spiro atoms. The lowest BCUT2D eigenvalue weighted by atomic mass is 10.0. The van der Waals surface area contributed by atoms with E-state index in [4.69, 9.17) is 0 Å². The maximum Gasteiger partial charge on any atom is 0.117 e. The number of rotatable bonds is 0. The lowest BCUT2D eigenvalue weighted by Crippen LogP contribution is -2.29.